The van der Waals surface area contributed by atoms with Crippen molar-refractivity contribution in [2.45, 2.75) is 12.5 Å². The first-order valence-electron chi connectivity index (χ1n) is 5.06. The van der Waals surface area contributed by atoms with E-state index in [0.29, 0.717) is 0 Å². The molecule has 1 atom stereocenters. The maximum Gasteiger partial charge on any atom is 0.205 e. The summed E-state index contributed by atoms with van der Waals surface area (Å²) in [4.78, 5) is 0. The molecule has 0 bridgehead atoms. The second kappa shape index (κ2) is 5.58. The van der Waals surface area contributed by atoms with Crippen LogP contribution in [0.1, 0.15) is 5.56 Å². The number of hydrogen-bond donors (Lipinski definition) is 2. The number of benzene rings is 1. The maximum atomic E-state index is 9.28. The van der Waals surface area contributed by atoms with Gasteiger partial charge in [-0.15, -0.1) is 10.2 Å². The van der Waals surface area contributed by atoms with Gasteiger partial charge in [-0.2, -0.15) is 0 Å². The summed E-state index contributed by atoms with van der Waals surface area (Å²) >= 11 is 1.43. The number of aromatic nitrogens is 2. The molecule has 0 saturated carbocycles. The average Bonchev–Trinajstić information content (AvgIpc) is 2.82. The molecule has 1 aromatic carbocycles. The van der Waals surface area contributed by atoms with Gasteiger partial charge >= 0.3 is 0 Å². The van der Waals surface area contributed by atoms with Gasteiger partial charge in [0.05, 0.1) is 12.6 Å². The van der Waals surface area contributed by atoms with Crippen molar-refractivity contribution in [3.05, 3.63) is 41.4 Å². The third-order valence-corrected chi connectivity index (χ3v) is 2.86. The summed E-state index contributed by atoms with van der Waals surface area (Å²) in [6.07, 6.45) is 0.775. The highest BCUT2D eigenvalue weighted by Crippen LogP contribution is 2.12. The molecule has 0 aliphatic heterocycles. The summed E-state index contributed by atoms with van der Waals surface area (Å²) in [6, 6.07) is 10.0. The van der Waals surface area contributed by atoms with Gasteiger partial charge in [0.25, 0.3) is 0 Å². The second-order valence-corrected chi connectivity index (χ2v) is 4.29. The van der Waals surface area contributed by atoms with Crippen LogP contribution < -0.4 is 5.32 Å². The highest BCUT2D eigenvalue weighted by atomic mass is 32.1. The third kappa shape index (κ3) is 3.01. The Morgan fingerprint density at radius 3 is 2.75 bits per heavy atom. The van der Waals surface area contributed by atoms with Gasteiger partial charge in [0.2, 0.25) is 5.13 Å². The lowest BCUT2D eigenvalue weighted by molar-refractivity contribution is 0.273. The van der Waals surface area contributed by atoms with Crippen LogP contribution in [0.3, 0.4) is 0 Å². The molecule has 2 N–H and O–H groups in total. The van der Waals surface area contributed by atoms with Gasteiger partial charge in [0.1, 0.15) is 5.51 Å². The summed E-state index contributed by atoms with van der Waals surface area (Å²) in [5.74, 6) is 0. The number of nitrogens with zero attached hydrogens (tertiary/aromatic N) is 2. The van der Waals surface area contributed by atoms with E-state index >= 15 is 0 Å². The van der Waals surface area contributed by atoms with Gasteiger partial charge in [-0.25, -0.2) is 0 Å². The minimum Gasteiger partial charge on any atom is -0.394 e. The number of rotatable bonds is 5. The van der Waals surface area contributed by atoms with Crippen molar-refractivity contribution in [1.29, 1.82) is 0 Å². The third-order valence-electron chi connectivity index (χ3n) is 2.23. The first kappa shape index (κ1) is 11.0. The van der Waals surface area contributed by atoms with Gasteiger partial charge in [-0.05, 0) is 12.0 Å². The van der Waals surface area contributed by atoms with Gasteiger partial charge in [-0.3, -0.25) is 0 Å². The highest BCUT2D eigenvalue weighted by molar-refractivity contribution is 7.13. The Bertz CT molecular complexity index is 404. The predicted molar refractivity (Wildman–Crippen MR) is 64.6 cm³/mol. The SMILES string of the molecule is OCC(Cc1ccccc1)Nc1nncs1. The quantitative estimate of drug-likeness (QED) is 0.825. The summed E-state index contributed by atoms with van der Waals surface area (Å²) in [5, 5.41) is 20.8. The molecule has 0 amide bonds. The fraction of sp³-hybridized carbons (Fsp3) is 0.273. The molecule has 0 saturated heterocycles. The second-order valence-electron chi connectivity index (χ2n) is 3.46. The minimum absolute atomic E-state index is 0.0182. The molecule has 84 valence electrons. The van der Waals surface area contributed by atoms with Crippen molar-refractivity contribution in [2.75, 3.05) is 11.9 Å². The maximum absolute atomic E-state index is 9.28. The van der Waals surface area contributed by atoms with Crippen molar-refractivity contribution in [1.82, 2.24) is 10.2 Å². The standard InChI is InChI=1S/C11H13N3OS/c15-7-10(13-11-14-12-8-16-11)6-9-4-2-1-3-5-9/h1-5,8,10,15H,6-7H2,(H,13,14). The number of hydrogen-bond acceptors (Lipinski definition) is 5. The van der Waals surface area contributed by atoms with Crippen molar-refractivity contribution >= 4 is 16.5 Å². The molecule has 2 aromatic rings. The zero-order valence-corrected chi connectivity index (χ0v) is 9.52. The molecule has 0 aliphatic rings. The Hall–Kier alpha value is -1.46. The Balaban J connectivity index is 1.96. The van der Waals surface area contributed by atoms with Gasteiger partial charge in [-0.1, -0.05) is 41.7 Å². The van der Waals surface area contributed by atoms with Crippen LogP contribution in [0.5, 0.6) is 0 Å². The Morgan fingerprint density at radius 1 is 1.31 bits per heavy atom. The van der Waals surface area contributed by atoms with E-state index in [1.54, 1.807) is 5.51 Å². The van der Waals surface area contributed by atoms with E-state index in [2.05, 4.69) is 15.5 Å². The fourth-order valence-corrected chi connectivity index (χ4v) is 1.99. The van der Waals surface area contributed by atoms with E-state index in [1.165, 1.54) is 16.9 Å². The van der Waals surface area contributed by atoms with Crippen molar-refractivity contribution in [3.8, 4) is 0 Å². The highest BCUT2D eigenvalue weighted by Gasteiger charge is 2.09. The zero-order valence-electron chi connectivity index (χ0n) is 8.71. The zero-order chi connectivity index (χ0) is 11.2. The summed E-state index contributed by atoms with van der Waals surface area (Å²) in [5.41, 5.74) is 2.86. The summed E-state index contributed by atoms with van der Waals surface area (Å²) in [6.45, 7) is 0.0779. The minimum atomic E-state index is -0.0182. The lowest BCUT2D eigenvalue weighted by atomic mass is 10.1. The molecule has 1 heterocycles. The van der Waals surface area contributed by atoms with Crippen LogP contribution >= 0.6 is 11.3 Å². The largest absolute Gasteiger partial charge is 0.394 e. The summed E-state index contributed by atoms with van der Waals surface area (Å²) in [7, 11) is 0. The number of nitrogens with one attached hydrogen (secondary N) is 1. The van der Waals surface area contributed by atoms with Crippen molar-refractivity contribution in [2.24, 2.45) is 0 Å². The fourth-order valence-electron chi connectivity index (χ4n) is 1.47. The monoisotopic (exact) mass is 235 g/mol. The van der Waals surface area contributed by atoms with E-state index in [0.717, 1.165) is 11.6 Å². The molecule has 5 heteroatoms. The number of anilines is 1. The molecule has 0 radical (unpaired) electrons. The molecular weight excluding hydrogens is 222 g/mol. The topological polar surface area (TPSA) is 58.0 Å². The smallest absolute Gasteiger partial charge is 0.205 e. The molecule has 0 aliphatic carbocycles. The molecule has 4 nitrogen and oxygen atoms in total. The predicted octanol–water partition coefficient (Wildman–Crippen LogP) is 1.55. The Morgan fingerprint density at radius 2 is 2.12 bits per heavy atom. The van der Waals surface area contributed by atoms with Crippen LogP contribution in [0.15, 0.2) is 35.8 Å². The molecule has 0 spiro atoms. The van der Waals surface area contributed by atoms with E-state index in [1.807, 2.05) is 30.3 Å². The van der Waals surface area contributed by atoms with Crippen LogP contribution in [-0.4, -0.2) is 28.0 Å². The molecule has 2 rings (SSSR count). The number of aliphatic hydroxyl groups is 1. The Kier molecular flexibility index (Phi) is 3.85. The summed E-state index contributed by atoms with van der Waals surface area (Å²) < 4.78 is 0. The van der Waals surface area contributed by atoms with E-state index in [9.17, 15) is 5.11 Å². The van der Waals surface area contributed by atoms with E-state index < -0.39 is 0 Å². The Labute approximate surface area is 98.0 Å². The average molecular weight is 235 g/mol. The van der Waals surface area contributed by atoms with Crippen LogP contribution in [0, 0.1) is 0 Å². The molecule has 16 heavy (non-hydrogen) atoms. The number of aliphatic hydroxyl groups excluding tert-OH is 1. The first-order valence-corrected chi connectivity index (χ1v) is 5.94. The van der Waals surface area contributed by atoms with Crippen LogP contribution in [0.4, 0.5) is 5.13 Å². The lowest BCUT2D eigenvalue weighted by Crippen LogP contribution is -2.26. The van der Waals surface area contributed by atoms with Gasteiger partial charge in [0, 0.05) is 0 Å². The molecule has 0 fully saturated rings. The van der Waals surface area contributed by atoms with Gasteiger partial charge < -0.3 is 10.4 Å². The van der Waals surface area contributed by atoms with Crippen LogP contribution in [0.25, 0.3) is 0 Å². The molecular formula is C11H13N3OS. The van der Waals surface area contributed by atoms with Crippen LogP contribution in [-0.2, 0) is 6.42 Å². The lowest BCUT2D eigenvalue weighted by Gasteiger charge is -2.14. The van der Waals surface area contributed by atoms with E-state index in [-0.39, 0.29) is 12.6 Å². The van der Waals surface area contributed by atoms with Gasteiger partial charge in [0.15, 0.2) is 0 Å². The first-order chi connectivity index (χ1) is 7.88. The van der Waals surface area contributed by atoms with E-state index in [4.69, 9.17) is 0 Å². The molecule has 1 aromatic heterocycles. The van der Waals surface area contributed by atoms with Crippen LogP contribution in [0.2, 0.25) is 0 Å². The van der Waals surface area contributed by atoms with Crippen molar-refractivity contribution in [3.63, 3.8) is 0 Å². The van der Waals surface area contributed by atoms with Crippen molar-refractivity contribution < 1.29 is 5.11 Å². The molecule has 1 unspecified atom stereocenters. The normalized spacial score (nSPS) is 12.3.